The fraction of sp³-hybridized carbons (Fsp3) is 0.250. The van der Waals surface area contributed by atoms with E-state index in [1.165, 1.54) is 12.0 Å². The summed E-state index contributed by atoms with van der Waals surface area (Å²) in [4.78, 5) is 0. The van der Waals surface area contributed by atoms with Crippen molar-refractivity contribution >= 4 is 14.0 Å². The minimum absolute atomic E-state index is 0. The summed E-state index contributed by atoms with van der Waals surface area (Å²) in [6.45, 7) is 4.79. The molecule has 0 saturated heterocycles. The number of rotatable bonds is 3. The van der Waals surface area contributed by atoms with Gasteiger partial charge in [-0.25, -0.2) is 0 Å². The number of halogens is 2. The van der Waals surface area contributed by atoms with E-state index in [0.29, 0.717) is 0 Å². The molecule has 0 aromatic heterocycles. The van der Waals surface area contributed by atoms with Crippen molar-refractivity contribution in [2.75, 3.05) is 13.3 Å². The monoisotopic (exact) mass is 358 g/mol. The van der Waals surface area contributed by atoms with Crippen LogP contribution in [0.1, 0.15) is 21.8 Å². The van der Waals surface area contributed by atoms with Crippen molar-refractivity contribution < 1.29 is 44.0 Å². The molecule has 0 saturated carbocycles. The first-order chi connectivity index (χ1) is 8.75. The van der Waals surface area contributed by atoms with Crippen molar-refractivity contribution in [1.82, 2.24) is 0 Å². The van der Waals surface area contributed by atoms with Crippen LogP contribution < -0.4 is 24.8 Å². The van der Waals surface area contributed by atoms with E-state index in [-0.39, 0.29) is 51.9 Å². The van der Waals surface area contributed by atoms with E-state index in [0.717, 1.165) is 4.22 Å². The van der Waals surface area contributed by atoms with Crippen LogP contribution in [0.2, 0.25) is 0 Å². The van der Waals surface area contributed by atoms with E-state index < -0.39 is 0 Å². The van der Waals surface area contributed by atoms with Gasteiger partial charge in [-0.3, -0.25) is 0 Å². The number of hydrogen-bond acceptors (Lipinski definition) is 0. The van der Waals surface area contributed by atoms with Crippen LogP contribution in [0.15, 0.2) is 51.7 Å². The molecule has 20 heavy (non-hydrogen) atoms. The van der Waals surface area contributed by atoms with E-state index in [1.807, 2.05) is 0 Å². The molecule has 3 rings (SSSR count). The Morgan fingerprint density at radius 3 is 2.55 bits per heavy atom. The summed E-state index contributed by atoms with van der Waals surface area (Å²) < 4.78 is 2.47. The second-order valence-corrected chi connectivity index (χ2v) is 9.65. The maximum atomic E-state index is 2.47. The third-order valence-electron chi connectivity index (χ3n) is 3.52. The maximum Gasteiger partial charge on any atom is -1.00 e. The smallest absolute Gasteiger partial charge is 1.00 e. The molecule has 0 bridgehead atoms. The zero-order chi connectivity index (χ0) is 12.5. The van der Waals surface area contributed by atoms with Gasteiger partial charge in [0.2, 0.25) is 0 Å². The molecule has 0 nitrogen and oxygen atoms in total. The number of hydrogen-bond donors (Lipinski definition) is 0. The van der Waals surface area contributed by atoms with Crippen LogP contribution in [0.4, 0.5) is 0 Å². The van der Waals surface area contributed by atoms with E-state index in [9.17, 15) is 0 Å². The van der Waals surface area contributed by atoms with Crippen molar-refractivity contribution in [3.05, 3.63) is 62.8 Å². The molecule has 104 valence electrons. The van der Waals surface area contributed by atoms with Gasteiger partial charge in [-0.15, -0.1) is 0 Å². The van der Waals surface area contributed by atoms with Gasteiger partial charge in [0.05, 0.1) is 0 Å². The van der Waals surface area contributed by atoms with Crippen LogP contribution in [0.3, 0.4) is 0 Å². The van der Waals surface area contributed by atoms with Crippen molar-refractivity contribution in [1.29, 1.82) is 0 Å². The Morgan fingerprint density at radius 1 is 1.15 bits per heavy atom. The molecule has 4 heteroatoms. The largest absolute Gasteiger partial charge is 1.00 e. The molecular weight excluding hydrogens is 342 g/mol. The summed E-state index contributed by atoms with van der Waals surface area (Å²) in [6.07, 6.45) is 10.6. The molecule has 0 heterocycles. The average molecular weight is 359 g/mol. The third-order valence-corrected chi connectivity index (χ3v) is 7.90. The maximum absolute atomic E-state index is 2.47. The van der Waals surface area contributed by atoms with Gasteiger partial charge in [0.15, 0.2) is 0 Å². The molecule has 2 aliphatic rings. The molecule has 0 aliphatic heterocycles. The fourth-order valence-electron chi connectivity index (χ4n) is 2.59. The predicted molar refractivity (Wildman–Crippen MR) is 77.8 cm³/mol. The van der Waals surface area contributed by atoms with Gasteiger partial charge in [-0.05, 0) is 0 Å². The summed E-state index contributed by atoms with van der Waals surface area (Å²) in [5, 5.41) is 1.72. The van der Waals surface area contributed by atoms with Crippen molar-refractivity contribution in [2.45, 2.75) is 10.6 Å². The second kappa shape index (κ2) is 7.97. The minimum Gasteiger partial charge on any atom is -1.00 e. The van der Waals surface area contributed by atoms with Gasteiger partial charge in [0.1, 0.15) is 0 Å². The Hall–Kier alpha value is 0.164. The molecule has 1 unspecified atom stereocenters. The Kier molecular flexibility index (Phi) is 7.26. The van der Waals surface area contributed by atoms with Crippen LogP contribution in [-0.4, -0.2) is 13.3 Å². The Balaban J connectivity index is 0.000001000. The van der Waals surface area contributed by atoms with E-state index in [1.54, 1.807) is 14.8 Å². The van der Waals surface area contributed by atoms with Gasteiger partial charge >= 0.3 is 120 Å². The zero-order valence-corrected chi connectivity index (χ0v) is 15.6. The second-order valence-electron chi connectivity index (χ2n) is 4.99. The molecule has 2 aliphatic carbocycles. The third kappa shape index (κ3) is 3.67. The summed E-state index contributed by atoms with van der Waals surface area (Å²) in [5.41, 5.74) is 3.07. The summed E-state index contributed by atoms with van der Waals surface area (Å²) in [5.74, 6) is 0. The molecule has 0 fully saturated rings. The van der Waals surface area contributed by atoms with E-state index >= 15 is 0 Å². The normalized spacial score (nSPS) is 18.6. The van der Waals surface area contributed by atoms with Crippen LogP contribution in [-0.2, 0) is 19.2 Å². The Bertz CT molecular complexity index is 561. The fourth-order valence-corrected chi connectivity index (χ4v) is 7.38. The van der Waals surface area contributed by atoms with Gasteiger partial charge in [-0.1, -0.05) is 0 Å². The van der Waals surface area contributed by atoms with Gasteiger partial charge in [-0.2, -0.15) is 0 Å². The topological polar surface area (TPSA) is 0 Å². The first kappa shape index (κ1) is 18.2. The average Bonchev–Trinajstić information content (AvgIpc) is 2.98. The van der Waals surface area contributed by atoms with Crippen LogP contribution in [0.25, 0.3) is 6.08 Å². The molecule has 0 N–H and O–H groups in total. The summed E-state index contributed by atoms with van der Waals surface area (Å²) in [6, 6.07) is 8.99. The van der Waals surface area contributed by atoms with Crippen LogP contribution >= 0.6 is 7.92 Å². The molecule has 0 spiro atoms. The van der Waals surface area contributed by atoms with Gasteiger partial charge in [0.25, 0.3) is 0 Å². The number of fused-ring (bicyclic) bond motifs is 1. The molecule has 0 amide bonds. The summed E-state index contributed by atoms with van der Waals surface area (Å²) >= 11 is -0.0489. The first-order valence-electron chi connectivity index (χ1n) is 6.36. The van der Waals surface area contributed by atoms with Crippen molar-refractivity contribution in [3.63, 3.8) is 0 Å². The first-order valence-corrected chi connectivity index (χ1v) is 10.3. The molecule has 1 aromatic rings. The Labute approximate surface area is 144 Å². The molecule has 0 radical (unpaired) electrons. The summed E-state index contributed by atoms with van der Waals surface area (Å²) in [7, 11) is 0.0373. The number of benzene rings is 1. The van der Waals surface area contributed by atoms with Gasteiger partial charge in [0, 0.05) is 0 Å². The molecule has 1 atom stereocenters. The van der Waals surface area contributed by atoms with Crippen LogP contribution in [0, 0.1) is 0 Å². The van der Waals surface area contributed by atoms with Crippen molar-refractivity contribution in [3.8, 4) is 0 Å². The zero-order valence-electron chi connectivity index (χ0n) is 11.6. The molecular formula is C16H17Cl2PTi. The minimum atomic E-state index is -0.0489. The Morgan fingerprint density at radius 2 is 1.90 bits per heavy atom. The van der Waals surface area contributed by atoms with E-state index in [2.05, 4.69) is 61.9 Å². The quantitative estimate of drug-likeness (QED) is 0.468. The van der Waals surface area contributed by atoms with Crippen LogP contribution in [0.5, 0.6) is 0 Å². The van der Waals surface area contributed by atoms with Gasteiger partial charge < -0.3 is 24.8 Å². The predicted octanol–water partition coefficient (Wildman–Crippen LogP) is -1.24. The van der Waals surface area contributed by atoms with Crippen molar-refractivity contribution in [2.24, 2.45) is 0 Å². The van der Waals surface area contributed by atoms with E-state index in [4.69, 9.17) is 0 Å². The number of allylic oxidation sites excluding steroid dienone is 5. The molecule has 1 aromatic carbocycles. The SMILES string of the molecule is CP(C)C1=Cc2ccccc2[CH]1[Ti+2][C]1=CC=CC1.[Cl-].[Cl-]. The standard InChI is InChI=1S/C11H12P.C5H5.2ClH.Ti/c1-12(2)11-7-9-5-3-4-6-10(9)8-11;1-2-4-5-3-1;;;/h3-8H,1-2H3;1-3H,4H2;2*1H;/q;;;;+2/p-2.